The Morgan fingerprint density at radius 3 is 2.77 bits per heavy atom. The Morgan fingerprint density at radius 2 is 1.91 bits per heavy atom. The topological polar surface area (TPSA) is 27.1 Å². The van der Waals surface area contributed by atoms with Gasteiger partial charge in [0.2, 0.25) is 0 Å². The number of aromatic nitrogens is 2. The lowest BCUT2D eigenvalue weighted by atomic mass is 10.0. The van der Waals surface area contributed by atoms with E-state index in [9.17, 15) is 0 Å². The minimum atomic E-state index is 0.697. The van der Waals surface area contributed by atoms with E-state index in [-0.39, 0.29) is 0 Å². The van der Waals surface area contributed by atoms with E-state index in [2.05, 4.69) is 61.4 Å². The van der Waals surface area contributed by atoms with Crippen LogP contribution in [0.25, 0.3) is 16.9 Å². The second-order valence-corrected chi connectivity index (χ2v) is 5.87. The lowest BCUT2D eigenvalue weighted by Crippen LogP contribution is -2.00. The summed E-state index contributed by atoms with van der Waals surface area (Å²) in [4.78, 5) is 0. The van der Waals surface area contributed by atoms with Gasteiger partial charge in [0.1, 0.15) is 5.75 Å². The van der Waals surface area contributed by atoms with Gasteiger partial charge in [-0.2, -0.15) is 5.10 Å². The Labute approximate surface area is 130 Å². The van der Waals surface area contributed by atoms with Crippen molar-refractivity contribution in [1.82, 2.24) is 9.78 Å². The van der Waals surface area contributed by atoms with Crippen LogP contribution in [-0.2, 0) is 6.42 Å². The molecular weight excluding hydrogens is 272 g/mol. The summed E-state index contributed by atoms with van der Waals surface area (Å²) in [5, 5.41) is 4.64. The number of benzene rings is 2. The van der Waals surface area contributed by atoms with E-state index >= 15 is 0 Å². The van der Waals surface area contributed by atoms with Crippen molar-refractivity contribution in [2.24, 2.45) is 0 Å². The smallest absolute Gasteiger partial charge is 0.128 e. The van der Waals surface area contributed by atoms with Crippen LogP contribution in [-0.4, -0.2) is 16.4 Å². The van der Waals surface area contributed by atoms with Gasteiger partial charge in [-0.1, -0.05) is 23.8 Å². The van der Waals surface area contributed by atoms with Gasteiger partial charge < -0.3 is 4.74 Å². The van der Waals surface area contributed by atoms with Crippen molar-refractivity contribution < 1.29 is 4.74 Å². The van der Waals surface area contributed by atoms with Crippen molar-refractivity contribution in [2.75, 3.05) is 6.61 Å². The first-order valence-electron chi connectivity index (χ1n) is 7.60. The molecule has 1 aliphatic heterocycles. The zero-order chi connectivity index (χ0) is 15.1. The van der Waals surface area contributed by atoms with Gasteiger partial charge in [-0.3, -0.25) is 0 Å². The fourth-order valence-electron chi connectivity index (χ4n) is 3.03. The minimum absolute atomic E-state index is 0.697. The highest BCUT2D eigenvalue weighted by Gasteiger charge is 2.21. The monoisotopic (exact) mass is 290 g/mol. The van der Waals surface area contributed by atoms with Crippen LogP contribution < -0.4 is 4.74 Å². The van der Waals surface area contributed by atoms with Crippen molar-refractivity contribution >= 4 is 0 Å². The molecule has 0 atom stereocenters. The number of fused-ring (bicyclic) bond motifs is 3. The quantitative estimate of drug-likeness (QED) is 0.675. The fourth-order valence-corrected chi connectivity index (χ4v) is 3.03. The zero-order valence-corrected chi connectivity index (χ0v) is 12.8. The van der Waals surface area contributed by atoms with Crippen LogP contribution in [0.5, 0.6) is 5.75 Å². The Kier molecular flexibility index (Phi) is 3.00. The Bertz CT molecular complexity index is 848. The van der Waals surface area contributed by atoms with E-state index < -0.39 is 0 Å². The molecule has 0 N–H and O–H groups in total. The highest BCUT2D eigenvalue weighted by Crippen LogP contribution is 2.37. The number of nitrogens with zero attached hydrogens (tertiary/aromatic N) is 2. The lowest BCUT2D eigenvalue weighted by Gasteiger charge is -2.12. The van der Waals surface area contributed by atoms with Gasteiger partial charge in [0, 0.05) is 17.5 Å². The summed E-state index contributed by atoms with van der Waals surface area (Å²) in [6.45, 7) is 4.91. The first kappa shape index (κ1) is 13.1. The molecule has 0 bridgehead atoms. The van der Waals surface area contributed by atoms with Crippen LogP contribution in [0.4, 0.5) is 0 Å². The first-order chi connectivity index (χ1) is 10.7. The largest absolute Gasteiger partial charge is 0.493 e. The maximum Gasteiger partial charge on any atom is 0.128 e. The second-order valence-electron chi connectivity index (χ2n) is 5.87. The average Bonchev–Trinajstić information content (AvgIpc) is 2.84. The molecule has 0 saturated heterocycles. The predicted molar refractivity (Wildman–Crippen MR) is 87.7 cm³/mol. The van der Waals surface area contributed by atoms with E-state index in [0.717, 1.165) is 29.1 Å². The van der Waals surface area contributed by atoms with Gasteiger partial charge in [0.25, 0.3) is 0 Å². The van der Waals surface area contributed by atoms with Crippen LogP contribution in [0.15, 0.2) is 48.7 Å². The molecule has 3 heteroatoms. The van der Waals surface area contributed by atoms with Crippen LogP contribution in [0, 0.1) is 13.8 Å². The van der Waals surface area contributed by atoms with E-state index in [1.807, 2.05) is 10.9 Å². The summed E-state index contributed by atoms with van der Waals surface area (Å²) in [7, 11) is 0. The van der Waals surface area contributed by atoms with Crippen molar-refractivity contribution in [3.8, 4) is 22.7 Å². The molecule has 0 unspecified atom stereocenters. The summed E-state index contributed by atoms with van der Waals surface area (Å²) in [5.41, 5.74) is 7.08. The number of hydrogen-bond acceptors (Lipinski definition) is 2. The van der Waals surface area contributed by atoms with Crippen molar-refractivity contribution in [3.63, 3.8) is 0 Å². The molecule has 0 saturated carbocycles. The van der Waals surface area contributed by atoms with Crippen molar-refractivity contribution in [1.29, 1.82) is 0 Å². The SMILES string of the molecule is Cc1cccc(-n2ncc3c2-c2cc(C)ccc2OCC3)c1. The van der Waals surface area contributed by atoms with Crippen LogP contribution in [0.1, 0.15) is 16.7 Å². The Balaban J connectivity index is 1.98. The van der Waals surface area contributed by atoms with Gasteiger partial charge in [0.15, 0.2) is 0 Å². The van der Waals surface area contributed by atoms with E-state index in [4.69, 9.17) is 4.74 Å². The van der Waals surface area contributed by atoms with E-state index in [1.165, 1.54) is 16.7 Å². The molecule has 110 valence electrons. The average molecular weight is 290 g/mol. The molecule has 0 spiro atoms. The fraction of sp³-hybridized carbons (Fsp3) is 0.211. The molecule has 0 radical (unpaired) electrons. The molecule has 0 aliphatic carbocycles. The normalized spacial score (nSPS) is 13.0. The molecule has 0 fully saturated rings. The van der Waals surface area contributed by atoms with Gasteiger partial charge in [-0.25, -0.2) is 4.68 Å². The van der Waals surface area contributed by atoms with Crippen LogP contribution >= 0.6 is 0 Å². The van der Waals surface area contributed by atoms with Gasteiger partial charge in [0.05, 0.1) is 24.2 Å². The highest BCUT2D eigenvalue weighted by atomic mass is 16.5. The van der Waals surface area contributed by atoms with Gasteiger partial charge >= 0.3 is 0 Å². The standard InChI is InChI=1S/C19H18N2O/c1-13-4-3-5-16(10-13)21-19-15(12-20-21)8-9-22-18-7-6-14(2)11-17(18)19/h3-7,10-12H,8-9H2,1-2H3. The summed E-state index contributed by atoms with van der Waals surface area (Å²) in [5.74, 6) is 0.943. The highest BCUT2D eigenvalue weighted by molar-refractivity contribution is 5.73. The molecule has 1 aliphatic rings. The number of hydrogen-bond donors (Lipinski definition) is 0. The lowest BCUT2D eigenvalue weighted by molar-refractivity contribution is 0.326. The number of rotatable bonds is 1. The maximum absolute atomic E-state index is 5.92. The molecule has 1 aromatic heterocycles. The molecule has 3 aromatic rings. The van der Waals surface area contributed by atoms with Crippen LogP contribution in [0.2, 0.25) is 0 Å². The first-order valence-corrected chi connectivity index (χ1v) is 7.60. The molecular formula is C19H18N2O. The molecule has 4 rings (SSSR count). The summed E-state index contributed by atoms with van der Waals surface area (Å²) in [6.07, 6.45) is 2.85. The van der Waals surface area contributed by atoms with Crippen molar-refractivity contribution in [2.45, 2.75) is 20.3 Å². The Hall–Kier alpha value is -2.55. The molecule has 2 aromatic carbocycles. The molecule has 0 amide bonds. The third-order valence-electron chi connectivity index (χ3n) is 4.11. The summed E-state index contributed by atoms with van der Waals surface area (Å²) in [6, 6.07) is 14.8. The predicted octanol–water partition coefficient (Wildman–Crippen LogP) is 4.09. The van der Waals surface area contributed by atoms with Gasteiger partial charge in [-0.05, 0) is 43.7 Å². The van der Waals surface area contributed by atoms with Gasteiger partial charge in [-0.15, -0.1) is 0 Å². The Morgan fingerprint density at radius 1 is 1.05 bits per heavy atom. The van der Waals surface area contributed by atoms with Crippen molar-refractivity contribution in [3.05, 3.63) is 65.4 Å². The third-order valence-corrected chi connectivity index (χ3v) is 4.11. The third kappa shape index (κ3) is 2.10. The molecule has 3 nitrogen and oxygen atoms in total. The summed E-state index contributed by atoms with van der Waals surface area (Å²) >= 11 is 0. The second kappa shape index (κ2) is 5.02. The number of aryl methyl sites for hydroxylation is 2. The van der Waals surface area contributed by atoms with Crippen LogP contribution in [0.3, 0.4) is 0 Å². The maximum atomic E-state index is 5.92. The van der Waals surface area contributed by atoms with E-state index in [1.54, 1.807) is 0 Å². The van der Waals surface area contributed by atoms with E-state index in [0.29, 0.717) is 6.61 Å². The summed E-state index contributed by atoms with van der Waals surface area (Å²) < 4.78 is 7.95. The number of ether oxygens (including phenoxy) is 1. The minimum Gasteiger partial charge on any atom is -0.493 e. The zero-order valence-electron chi connectivity index (χ0n) is 12.8. The molecule has 2 heterocycles. The molecule has 22 heavy (non-hydrogen) atoms.